The Balaban J connectivity index is 1.19. The molecule has 3 aromatic heterocycles. The molecule has 0 aliphatic rings. The number of nitrogens with one attached hydrogen (secondary N) is 2. The molecule has 7 aromatic rings. The third-order valence-corrected chi connectivity index (χ3v) is 6.88. The van der Waals surface area contributed by atoms with E-state index in [0.29, 0.717) is 11.2 Å². The SMILES string of the molecule is O=c1nc2n(CCCNc3ccccc3-c3nc4ccccc4[nH]3)c3ccccc3n2c2ccccc12. The van der Waals surface area contributed by atoms with Gasteiger partial charge >= 0.3 is 0 Å². The van der Waals surface area contributed by atoms with Gasteiger partial charge in [-0.3, -0.25) is 9.20 Å². The van der Waals surface area contributed by atoms with Gasteiger partial charge in [0.25, 0.3) is 5.56 Å². The number of anilines is 1. The van der Waals surface area contributed by atoms with Crippen LogP contribution >= 0.6 is 0 Å². The first-order valence-electron chi connectivity index (χ1n) is 12.4. The van der Waals surface area contributed by atoms with E-state index >= 15 is 0 Å². The van der Waals surface area contributed by atoms with Crippen LogP contribution in [0.15, 0.2) is 102 Å². The Labute approximate surface area is 212 Å². The third-order valence-electron chi connectivity index (χ3n) is 6.88. The van der Waals surface area contributed by atoms with Gasteiger partial charge < -0.3 is 14.9 Å². The standard InChI is InChI=1S/C30H24N6O/c37-29-21-11-2-6-15-25(21)36-27-17-8-7-16-26(27)35(30(36)34-29)19-9-18-31-22-12-3-1-10-20(22)28-32-23-13-4-5-14-24(23)33-28/h1-8,10-17,31H,9,18-19H2,(H,32,33). The molecule has 0 bridgehead atoms. The van der Waals surface area contributed by atoms with Crippen LogP contribution in [0.25, 0.3) is 50.1 Å². The largest absolute Gasteiger partial charge is 0.384 e. The van der Waals surface area contributed by atoms with E-state index in [4.69, 9.17) is 4.98 Å². The van der Waals surface area contributed by atoms with E-state index in [-0.39, 0.29) is 5.56 Å². The smallest absolute Gasteiger partial charge is 0.282 e. The summed E-state index contributed by atoms with van der Waals surface area (Å²) in [4.78, 5) is 25.5. The summed E-state index contributed by atoms with van der Waals surface area (Å²) in [6.07, 6.45) is 0.853. The number of hydrogen-bond donors (Lipinski definition) is 2. The molecule has 4 aromatic carbocycles. The van der Waals surface area contributed by atoms with Gasteiger partial charge in [-0.2, -0.15) is 4.98 Å². The molecule has 0 saturated carbocycles. The summed E-state index contributed by atoms with van der Waals surface area (Å²) >= 11 is 0. The first kappa shape index (κ1) is 21.4. The van der Waals surface area contributed by atoms with E-state index < -0.39 is 0 Å². The summed E-state index contributed by atoms with van der Waals surface area (Å²) in [6, 6.07) is 32.2. The van der Waals surface area contributed by atoms with Gasteiger partial charge in [0.1, 0.15) is 5.82 Å². The molecule has 0 aliphatic carbocycles. The van der Waals surface area contributed by atoms with Crippen molar-refractivity contribution in [1.82, 2.24) is 23.9 Å². The Kier molecular flexibility index (Phi) is 4.99. The molecule has 7 heteroatoms. The molecular weight excluding hydrogens is 460 g/mol. The van der Waals surface area contributed by atoms with Gasteiger partial charge in [-0.15, -0.1) is 0 Å². The quantitative estimate of drug-likeness (QED) is 0.290. The number of aromatic nitrogens is 5. The van der Waals surface area contributed by atoms with E-state index in [0.717, 1.165) is 64.2 Å². The lowest BCUT2D eigenvalue weighted by atomic mass is 10.1. The van der Waals surface area contributed by atoms with Gasteiger partial charge in [0, 0.05) is 24.3 Å². The summed E-state index contributed by atoms with van der Waals surface area (Å²) in [6.45, 7) is 1.48. The number of para-hydroxylation sites is 6. The van der Waals surface area contributed by atoms with Crippen LogP contribution in [0, 0.1) is 0 Å². The normalized spacial score (nSPS) is 11.7. The number of H-pyrrole nitrogens is 1. The third kappa shape index (κ3) is 3.55. The maximum Gasteiger partial charge on any atom is 0.282 e. The number of hydrogen-bond acceptors (Lipinski definition) is 4. The van der Waals surface area contributed by atoms with Crippen LogP contribution in [0.1, 0.15) is 6.42 Å². The number of aromatic amines is 1. The number of benzene rings is 4. The number of imidazole rings is 2. The summed E-state index contributed by atoms with van der Waals surface area (Å²) in [5, 5.41) is 4.22. The van der Waals surface area contributed by atoms with Crippen LogP contribution in [-0.4, -0.2) is 30.5 Å². The maximum atomic E-state index is 12.8. The zero-order valence-electron chi connectivity index (χ0n) is 20.1. The first-order valence-corrected chi connectivity index (χ1v) is 12.4. The Bertz CT molecular complexity index is 1950. The van der Waals surface area contributed by atoms with Gasteiger partial charge in [-0.25, -0.2) is 4.98 Å². The van der Waals surface area contributed by atoms with Gasteiger partial charge in [-0.05, 0) is 55.0 Å². The van der Waals surface area contributed by atoms with Crippen molar-refractivity contribution in [3.63, 3.8) is 0 Å². The van der Waals surface area contributed by atoms with Crippen molar-refractivity contribution >= 4 is 44.4 Å². The minimum atomic E-state index is -0.197. The molecule has 180 valence electrons. The highest BCUT2D eigenvalue weighted by atomic mass is 16.1. The average Bonchev–Trinajstić information content (AvgIpc) is 3.51. The van der Waals surface area contributed by atoms with Gasteiger partial charge in [0.15, 0.2) is 0 Å². The van der Waals surface area contributed by atoms with Crippen molar-refractivity contribution in [2.75, 3.05) is 11.9 Å². The summed E-state index contributed by atoms with van der Waals surface area (Å²) in [5.41, 5.74) is 6.84. The van der Waals surface area contributed by atoms with E-state index in [1.807, 2.05) is 72.8 Å². The fourth-order valence-corrected chi connectivity index (χ4v) is 5.17. The first-order chi connectivity index (χ1) is 18.3. The predicted octanol–water partition coefficient (Wildman–Crippen LogP) is 5.85. The van der Waals surface area contributed by atoms with E-state index in [2.05, 4.69) is 48.5 Å². The van der Waals surface area contributed by atoms with Crippen LogP contribution < -0.4 is 10.9 Å². The zero-order chi connectivity index (χ0) is 24.8. The van der Waals surface area contributed by atoms with Crippen molar-refractivity contribution < 1.29 is 0 Å². The Morgan fingerprint density at radius 1 is 0.757 bits per heavy atom. The van der Waals surface area contributed by atoms with Crippen LogP contribution in [0.4, 0.5) is 5.69 Å². The lowest BCUT2D eigenvalue weighted by Crippen LogP contribution is -2.13. The summed E-state index contributed by atoms with van der Waals surface area (Å²) in [5.74, 6) is 1.52. The fraction of sp³-hybridized carbons (Fsp3) is 0.100. The van der Waals surface area contributed by atoms with Crippen LogP contribution in [0.5, 0.6) is 0 Å². The highest BCUT2D eigenvalue weighted by molar-refractivity contribution is 5.89. The second kappa shape index (κ2) is 8.64. The van der Waals surface area contributed by atoms with Crippen LogP contribution in [-0.2, 0) is 6.54 Å². The molecule has 0 atom stereocenters. The topological polar surface area (TPSA) is 80.0 Å². The Hall–Kier alpha value is -4.91. The fourth-order valence-electron chi connectivity index (χ4n) is 5.17. The van der Waals surface area contributed by atoms with Crippen LogP contribution in [0.2, 0.25) is 0 Å². The predicted molar refractivity (Wildman–Crippen MR) is 149 cm³/mol. The highest BCUT2D eigenvalue weighted by Gasteiger charge is 2.15. The lowest BCUT2D eigenvalue weighted by molar-refractivity contribution is 0.689. The maximum absolute atomic E-state index is 12.8. The Morgan fingerprint density at radius 3 is 2.38 bits per heavy atom. The number of rotatable bonds is 6. The molecule has 7 rings (SSSR count). The molecule has 7 nitrogen and oxygen atoms in total. The second-order valence-corrected chi connectivity index (χ2v) is 9.14. The molecule has 37 heavy (non-hydrogen) atoms. The molecule has 0 radical (unpaired) electrons. The number of fused-ring (bicyclic) bond motifs is 6. The lowest BCUT2D eigenvalue weighted by Gasteiger charge is -2.11. The minimum Gasteiger partial charge on any atom is -0.384 e. The average molecular weight is 485 g/mol. The van der Waals surface area contributed by atoms with Gasteiger partial charge in [-0.1, -0.05) is 48.5 Å². The summed E-state index contributed by atoms with van der Waals surface area (Å²) < 4.78 is 4.24. The minimum absolute atomic E-state index is 0.197. The van der Waals surface area contributed by atoms with Gasteiger partial charge in [0.2, 0.25) is 5.78 Å². The molecule has 3 heterocycles. The highest BCUT2D eigenvalue weighted by Crippen LogP contribution is 2.28. The molecule has 0 aliphatic heterocycles. The van der Waals surface area contributed by atoms with Crippen molar-refractivity contribution in [2.45, 2.75) is 13.0 Å². The molecule has 0 fully saturated rings. The van der Waals surface area contributed by atoms with Crippen molar-refractivity contribution in [3.05, 3.63) is 107 Å². The second-order valence-electron chi connectivity index (χ2n) is 9.14. The molecular formula is C30H24N6O. The molecule has 0 saturated heterocycles. The van der Waals surface area contributed by atoms with Crippen molar-refractivity contribution in [2.24, 2.45) is 0 Å². The Morgan fingerprint density at radius 2 is 1.49 bits per heavy atom. The number of nitrogens with zero attached hydrogens (tertiary/aromatic N) is 4. The monoisotopic (exact) mass is 484 g/mol. The van der Waals surface area contributed by atoms with E-state index in [1.165, 1.54) is 0 Å². The molecule has 0 unspecified atom stereocenters. The molecule has 2 N–H and O–H groups in total. The van der Waals surface area contributed by atoms with Crippen molar-refractivity contribution in [3.8, 4) is 11.4 Å². The number of aryl methyl sites for hydroxylation is 1. The zero-order valence-corrected chi connectivity index (χ0v) is 20.1. The van der Waals surface area contributed by atoms with Gasteiger partial charge in [0.05, 0.1) is 33.0 Å². The van der Waals surface area contributed by atoms with E-state index in [1.54, 1.807) is 0 Å². The van der Waals surface area contributed by atoms with Crippen molar-refractivity contribution in [1.29, 1.82) is 0 Å². The van der Waals surface area contributed by atoms with Crippen LogP contribution in [0.3, 0.4) is 0 Å². The van der Waals surface area contributed by atoms with E-state index in [9.17, 15) is 4.79 Å². The molecule has 0 spiro atoms. The molecule has 0 amide bonds. The summed E-state index contributed by atoms with van der Waals surface area (Å²) in [7, 11) is 0.